The van der Waals surface area contributed by atoms with Gasteiger partial charge in [-0.3, -0.25) is 14.9 Å². The first kappa shape index (κ1) is 19.7. The summed E-state index contributed by atoms with van der Waals surface area (Å²) in [7, 11) is 0. The van der Waals surface area contributed by atoms with Crippen LogP contribution in [-0.4, -0.2) is 16.9 Å². The molecule has 0 aromatic heterocycles. The Hall–Kier alpha value is -3.10. The summed E-state index contributed by atoms with van der Waals surface area (Å²) >= 11 is 12.0. The Morgan fingerprint density at radius 3 is 2.61 bits per heavy atom. The molecule has 2 aromatic rings. The minimum atomic E-state index is -0.776. The molecular weight excluding hydrogens is 407 g/mol. The third kappa shape index (κ3) is 4.08. The van der Waals surface area contributed by atoms with Crippen LogP contribution in [0.1, 0.15) is 18.5 Å². The second-order valence-corrected chi connectivity index (χ2v) is 6.82. The van der Waals surface area contributed by atoms with Crippen molar-refractivity contribution < 1.29 is 14.5 Å². The monoisotopic (exact) mass is 420 g/mol. The molecule has 3 amide bonds. The molecule has 0 unspecified atom stereocenters. The average molecular weight is 421 g/mol. The van der Waals surface area contributed by atoms with Gasteiger partial charge in [-0.05, 0) is 30.7 Å². The summed E-state index contributed by atoms with van der Waals surface area (Å²) in [5, 5.41) is 19.4. The Morgan fingerprint density at radius 2 is 1.93 bits per heavy atom. The van der Waals surface area contributed by atoms with Gasteiger partial charge in [-0.1, -0.05) is 35.3 Å². The summed E-state index contributed by atoms with van der Waals surface area (Å²) in [5.41, 5.74) is 1.25. The van der Waals surface area contributed by atoms with Crippen molar-refractivity contribution in [1.29, 1.82) is 0 Å². The topological polar surface area (TPSA) is 113 Å². The van der Waals surface area contributed by atoms with Crippen LogP contribution in [0.4, 0.5) is 16.2 Å². The highest BCUT2D eigenvalue weighted by Crippen LogP contribution is 2.32. The van der Waals surface area contributed by atoms with Gasteiger partial charge >= 0.3 is 6.03 Å². The summed E-state index contributed by atoms with van der Waals surface area (Å²) < 4.78 is 0. The van der Waals surface area contributed by atoms with Gasteiger partial charge in [0.25, 0.3) is 11.6 Å². The lowest BCUT2D eigenvalue weighted by Gasteiger charge is -2.28. The molecule has 0 saturated heterocycles. The number of nitrogens with zero attached hydrogens (tertiary/aromatic N) is 1. The molecule has 0 radical (unpaired) electrons. The minimum Gasteiger partial charge on any atom is -0.327 e. The molecule has 0 aliphatic carbocycles. The number of hydrogen-bond acceptors (Lipinski definition) is 4. The zero-order valence-corrected chi connectivity index (χ0v) is 16.0. The fourth-order valence-corrected chi connectivity index (χ4v) is 3.14. The second kappa shape index (κ2) is 7.87. The zero-order valence-electron chi connectivity index (χ0n) is 14.5. The molecule has 144 valence electrons. The first-order valence-electron chi connectivity index (χ1n) is 8.05. The summed E-state index contributed by atoms with van der Waals surface area (Å²) in [6.07, 6.45) is 0. The number of amides is 3. The third-order valence-electron chi connectivity index (χ3n) is 4.11. The first-order chi connectivity index (χ1) is 13.3. The molecule has 10 heteroatoms. The number of hydrogen-bond donors (Lipinski definition) is 3. The lowest BCUT2D eigenvalue weighted by atomic mass is 9.95. The number of urea groups is 1. The highest BCUT2D eigenvalue weighted by molar-refractivity contribution is 6.42. The van der Waals surface area contributed by atoms with E-state index in [-0.39, 0.29) is 22.0 Å². The van der Waals surface area contributed by atoms with E-state index in [4.69, 9.17) is 23.2 Å². The quantitative estimate of drug-likeness (QED) is 0.508. The van der Waals surface area contributed by atoms with Gasteiger partial charge < -0.3 is 16.0 Å². The zero-order chi connectivity index (χ0) is 20.4. The molecule has 0 saturated carbocycles. The molecule has 0 bridgehead atoms. The molecule has 3 rings (SSSR count). The third-order valence-corrected chi connectivity index (χ3v) is 4.84. The number of non-ortho nitro benzene ring substituents is 1. The van der Waals surface area contributed by atoms with E-state index in [0.29, 0.717) is 16.3 Å². The predicted octanol–water partition coefficient (Wildman–Crippen LogP) is 4.17. The van der Waals surface area contributed by atoms with Crippen molar-refractivity contribution in [2.75, 3.05) is 5.32 Å². The van der Waals surface area contributed by atoms with E-state index in [9.17, 15) is 19.7 Å². The van der Waals surface area contributed by atoms with E-state index in [1.165, 1.54) is 24.3 Å². The van der Waals surface area contributed by atoms with Crippen LogP contribution in [0, 0.1) is 10.1 Å². The molecule has 3 N–H and O–H groups in total. The van der Waals surface area contributed by atoms with Crippen molar-refractivity contribution in [2.24, 2.45) is 0 Å². The van der Waals surface area contributed by atoms with Crippen LogP contribution in [0.25, 0.3) is 0 Å². The predicted molar refractivity (Wildman–Crippen MR) is 105 cm³/mol. The van der Waals surface area contributed by atoms with Crippen molar-refractivity contribution in [3.63, 3.8) is 0 Å². The normalized spacial score (nSPS) is 16.2. The van der Waals surface area contributed by atoms with E-state index in [0.717, 1.165) is 0 Å². The Bertz CT molecular complexity index is 1020. The van der Waals surface area contributed by atoms with E-state index < -0.39 is 22.9 Å². The van der Waals surface area contributed by atoms with Gasteiger partial charge in [0.2, 0.25) is 0 Å². The molecule has 28 heavy (non-hydrogen) atoms. The molecule has 1 heterocycles. The standard InChI is InChI=1S/C18H14Cl2N4O4/c1-9-15(17(25)22-11-3-2-4-12(8-11)24(27)28)16(23-18(26)21-9)10-5-6-13(19)14(20)7-10/h2-8,16H,1H3,(H,22,25)(H2,21,23,26)/t16-/m0/s1. The van der Waals surface area contributed by atoms with E-state index in [2.05, 4.69) is 16.0 Å². The molecule has 0 fully saturated rings. The largest absolute Gasteiger partial charge is 0.327 e. The molecule has 2 aromatic carbocycles. The van der Waals surface area contributed by atoms with Crippen LogP contribution < -0.4 is 16.0 Å². The minimum absolute atomic E-state index is 0.153. The highest BCUT2D eigenvalue weighted by atomic mass is 35.5. The van der Waals surface area contributed by atoms with Gasteiger partial charge in [-0.25, -0.2) is 4.79 Å². The lowest BCUT2D eigenvalue weighted by Crippen LogP contribution is -2.45. The van der Waals surface area contributed by atoms with Gasteiger partial charge in [-0.15, -0.1) is 0 Å². The number of rotatable bonds is 4. The van der Waals surface area contributed by atoms with Crippen LogP contribution in [0.5, 0.6) is 0 Å². The molecule has 1 aliphatic rings. The maximum atomic E-state index is 12.9. The number of carbonyl (C=O) groups excluding carboxylic acids is 2. The van der Waals surface area contributed by atoms with Gasteiger partial charge in [-0.2, -0.15) is 0 Å². The summed E-state index contributed by atoms with van der Waals surface area (Å²) in [6.45, 7) is 1.59. The van der Waals surface area contributed by atoms with Gasteiger partial charge in [0.1, 0.15) is 0 Å². The van der Waals surface area contributed by atoms with Crippen LogP contribution in [0.2, 0.25) is 10.0 Å². The number of nitrogens with one attached hydrogen (secondary N) is 3. The van der Waals surface area contributed by atoms with Crippen molar-refractivity contribution in [3.05, 3.63) is 79.5 Å². The highest BCUT2D eigenvalue weighted by Gasteiger charge is 2.31. The van der Waals surface area contributed by atoms with Crippen molar-refractivity contribution in [2.45, 2.75) is 13.0 Å². The summed E-state index contributed by atoms with van der Waals surface area (Å²) in [5.74, 6) is -0.526. The Balaban J connectivity index is 1.96. The van der Waals surface area contributed by atoms with Gasteiger partial charge in [0, 0.05) is 23.5 Å². The van der Waals surface area contributed by atoms with Crippen LogP contribution in [0.3, 0.4) is 0 Å². The fourth-order valence-electron chi connectivity index (χ4n) is 2.83. The van der Waals surface area contributed by atoms with Crippen LogP contribution >= 0.6 is 23.2 Å². The molecule has 1 aliphatic heterocycles. The van der Waals surface area contributed by atoms with E-state index in [1.807, 2.05) is 0 Å². The van der Waals surface area contributed by atoms with Gasteiger partial charge in [0.15, 0.2) is 0 Å². The van der Waals surface area contributed by atoms with Gasteiger partial charge in [0.05, 0.1) is 26.6 Å². The fraction of sp³-hybridized carbons (Fsp3) is 0.111. The lowest BCUT2D eigenvalue weighted by molar-refractivity contribution is -0.384. The molecule has 1 atom stereocenters. The molecule has 8 nitrogen and oxygen atoms in total. The maximum absolute atomic E-state index is 12.9. The van der Waals surface area contributed by atoms with Crippen molar-refractivity contribution in [3.8, 4) is 0 Å². The number of allylic oxidation sites excluding steroid dienone is 1. The smallest absolute Gasteiger partial charge is 0.319 e. The number of nitro groups is 1. The van der Waals surface area contributed by atoms with Crippen molar-refractivity contribution in [1.82, 2.24) is 10.6 Å². The number of carbonyl (C=O) groups is 2. The van der Waals surface area contributed by atoms with E-state index in [1.54, 1.807) is 25.1 Å². The summed E-state index contributed by atoms with van der Waals surface area (Å²) in [6, 6.07) is 9.10. The average Bonchev–Trinajstić information content (AvgIpc) is 2.63. The Kier molecular flexibility index (Phi) is 5.53. The number of halogens is 2. The van der Waals surface area contributed by atoms with E-state index >= 15 is 0 Å². The maximum Gasteiger partial charge on any atom is 0.319 e. The number of benzene rings is 2. The SMILES string of the molecule is CC1=C(C(=O)Nc2cccc([N+](=O)[O-])c2)[C@H](c2ccc(Cl)c(Cl)c2)NC(=O)N1. The van der Waals surface area contributed by atoms with Crippen LogP contribution in [-0.2, 0) is 4.79 Å². The Labute approximate surface area is 169 Å². The number of nitro benzene ring substituents is 1. The Morgan fingerprint density at radius 1 is 1.18 bits per heavy atom. The first-order valence-corrected chi connectivity index (χ1v) is 8.81. The van der Waals surface area contributed by atoms with Crippen LogP contribution in [0.15, 0.2) is 53.7 Å². The second-order valence-electron chi connectivity index (χ2n) is 6.01. The molecule has 0 spiro atoms. The number of anilines is 1. The molecular formula is C18H14Cl2N4O4. The summed E-state index contributed by atoms with van der Waals surface area (Å²) in [4.78, 5) is 35.2. The van der Waals surface area contributed by atoms with Crippen molar-refractivity contribution >= 4 is 46.5 Å².